The molecule has 8 N–H and O–H groups in total. The Bertz CT molecular complexity index is 1200. The molecule has 0 aromatic heterocycles. The number of likely N-dealkylation sites (N-methyl/N-ethyl adjacent to an activating group) is 2. The van der Waals surface area contributed by atoms with Crippen LogP contribution in [-0.4, -0.2) is 139 Å². The topological polar surface area (TPSA) is 217 Å². The summed E-state index contributed by atoms with van der Waals surface area (Å²) in [6.45, 7) is 9.58. The van der Waals surface area contributed by atoms with E-state index in [0.717, 1.165) is 32.4 Å². The van der Waals surface area contributed by atoms with Gasteiger partial charge in [-0.05, 0) is 37.1 Å². The zero-order chi connectivity index (χ0) is 31.6. The Morgan fingerprint density at radius 1 is 1.09 bits per heavy atom. The number of quaternary nitrogens is 1. The van der Waals surface area contributed by atoms with Crippen molar-refractivity contribution < 1.29 is 55.3 Å². The maximum atomic E-state index is 12.1. The number of hydrogen-bond donors (Lipinski definition) is 6. The van der Waals surface area contributed by atoms with Gasteiger partial charge in [0.25, 0.3) is 0 Å². The summed E-state index contributed by atoms with van der Waals surface area (Å²) in [5.41, 5.74) is 2.32. The number of carbonyl (C=O) groups excluding carboxylic acids is 1. The molecule has 5 bridgehead atoms. The number of rotatable bonds is 10. The molecule has 0 amide bonds. The summed E-state index contributed by atoms with van der Waals surface area (Å²) in [5.74, 6) is -3.04. The number of fused-ring (bicyclic) bond motifs is 2. The number of benzene rings is 1. The fourth-order valence-corrected chi connectivity index (χ4v) is 10.2. The van der Waals surface area contributed by atoms with Crippen LogP contribution in [0.3, 0.4) is 0 Å². The average Bonchev–Trinajstić information content (AvgIpc) is 3.37. The highest BCUT2D eigenvalue weighted by Crippen LogP contribution is 2.71. The van der Waals surface area contributed by atoms with Crippen LogP contribution in [0.25, 0.3) is 0 Å². The predicted molar refractivity (Wildman–Crippen MR) is 157 cm³/mol. The van der Waals surface area contributed by atoms with E-state index in [-0.39, 0.29) is 47.0 Å². The molecular weight excluding hydrogens is 574 g/mol. The van der Waals surface area contributed by atoms with Gasteiger partial charge in [0.05, 0.1) is 29.6 Å². The van der Waals surface area contributed by atoms with Crippen LogP contribution in [0.5, 0.6) is 0 Å². The third kappa shape index (κ3) is 4.66. The lowest BCUT2D eigenvalue weighted by atomic mass is 9.60. The number of anilines is 1. The van der Waals surface area contributed by atoms with Crippen LogP contribution in [0.1, 0.15) is 45.6 Å². The number of carboxylic acid groups (broad SMARTS) is 2. The van der Waals surface area contributed by atoms with E-state index in [9.17, 15) is 30.0 Å². The molecule has 1 aliphatic carbocycles. The molecule has 248 valence electrons. The fourth-order valence-electron chi connectivity index (χ4n) is 10.2. The van der Waals surface area contributed by atoms with E-state index in [1.807, 2.05) is 0 Å². The molecule has 5 aliphatic heterocycles. The number of carboxylic acids is 2. The number of carbonyl (C=O) groups is 2. The first kappa shape index (κ1) is 34.5. The van der Waals surface area contributed by atoms with Gasteiger partial charge < -0.3 is 55.8 Å². The van der Waals surface area contributed by atoms with Crippen LogP contribution in [0.15, 0.2) is 24.3 Å². The van der Waals surface area contributed by atoms with Crippen molar-refractivity contribution >= 4 is 17.6 Å². The van der Waals surface area contributed by atoms with Gasteiger partial charge in [-0.3, -0.25) is 4.48 Å². The maximum absolute atomic E-state index is 12.1. The van der Waals surface area contributed by atoms with Crippen LogP contribution in [0, 0.1) is 17.8 Å². The Morgan fingerprint density at radius 3 is 2.27 bits per heavy atom. The van der Waals surface area contributed by atoms with Crippen molar-refractivity contribution in [2.45, 2.75) is 94.2 Å². The van der Waals surface area contributed by atoms with Gasteiger partial charge in [0.15, 0.2) is 12.3 Å². The summed E-state index contributed by atoms with van der Waals surface area (Å²) >= 11 is 0. The van der Waals surface area contributed by atoms with E-state index in [4.69, 9.17) is 15.3 Å². The second kappa shape index (κ2) is 12.4. The zero-order valence-corrected chi connectivity index (χ0v) is 25.9. The second-order valence-electron chi connectivity index (χ2n) is 13.2. The Balaban J connectivity index is 0.000000350. The molecule has 7 rings (SSSR count). The van der Waals surface area contributed by atoms with E-state index in [1.165, 1.54) is 11.3 Å². The SMILES string of the molecule is CC[C@H]1[C@@H]2C[C@H]3[C@@H]4N(C)c5ccccc5[C@]45C[C@@H](C2C5O)[N+]3(CC(O)CN(CC)CC)[C@@H]1O.O.O=C([O-])[C@H](O)[C@@H](O)C(=O)O. The zero-order valence-electron chi connectivity index (χ0n) is 25.9. The van der Waals surface area contributed by atoms with Gasteiger partial charge >= 0.3 is 5.97 Å². The van der Waals surface area contributed by atoms with Gasteiger partial charge in [-0.15, -0.1) is 0 Å². The van der Waals surface area contributed by atoms with Crippen molar-refractivity contribution in [3.63, 3.8) is 0 Å². The molecule has 13 heteroatoms. The van der Waals surface area contributed by atoms with Crippen LogP contribution in [0.2, 0.25) is 0 Å². The number of aliphatic hydroxyl groups is 5. The summed E-state index contributed by atoms with van der Waals surface area (Å²) < 4.78 is 0.601. The lowest BCUT2D eigenvalue weighted by molar-refractivity contribution is -1.04. The Morgan fingerprint density at radius 2 is 1.73 bits per heavy atom. The number of nitrogens with zero attached hydrogens (tertiary/aromatic N) is 3. The summed E-state index contributed by atoms with van der Waals surface area (Å²) in [7, 11) is 2.19. The lowest BCUT2D eigenvalue weighted by Gasteiger charge is -2.68. The van der Waals surface area contributed by atoms with Crippen molar-refractivity contribution in [2.75, 3.05) is 38.1 Å². The number of aliphatic carboxylic acids is 2. The second-order valence-corrected chi connectivity index (χ2v) is 13.2. The van der Waals surface area contributed by atoms with Gasteiger partial charge in [-0.2, -0.15) is 0 Å². The smallest absolute Gasteiger partial charge is 0.335 e. The molecule has 5 heterocycles. The largest absolute Gasteiger partial charge is 0.547 e. The maximum Gasteiger partial charge on any atom is 0.335 e. The van der Waals surface area contributed by atoms with Crippen LogP contribution in [0.4, 0.5) is 5.69 Å². The van der Waals surface area contributed by atoms with Crippen molar-refractivity contribution in [1.29, 1.82) is 0 Å². The van der Waals surface area contributed by atoms with Crippen LogP contribution in [-0.2, 0) is 15.0 Å². The first-order chi connectivity index (χ1) is 20.3. The normalized spacial score (nSPS) is 39.1. The summed E-state index contributed by atoms with van der Waals surface area (Å²) in [6, 6.07) is 9.31. The molecule has 1 saturated carbocycles. The molecular formula is C31H49N3O10. The highest BCUT2D eigenvalue weighted by Gasteiger charge is 2.83. The molecule has 44 heavy (non-hydrogen) atoms. The molecule has 4 unspecified atom stereocenters. The van der Waals surface area contributed by atoms with Crippen LogP contribution < -0.4 is 10.0 Å². The molecule has 13 atom stereocenters. The van der Waals surface area contributed by atoms with E-state index in [0.29, 0.717) is 23.5 Å². The van der Waals surface area contributed by atoms with Crippen molar-refractivity contribution in [1.82, 2.24) is 4.90 Å². The van der Waals surface area contributed by atoms with E-state index in [2.05, 4.69) is 61.9 Å². The van der Waals surface area contributed by atoms with Crippen LogP contribution >= 0.6 is 0 Å². The summed E-state index contributed by atoms with van der Waals surface area (Å²) in [5, 5.41) is 69.6. The molecule has 5 fully saturated rings. The highest BCUT2D eigenvalue weighted by atomic mass is 16.4. The molecule has 13 nitrogen and oxygen atoms in total. The number of aliphatic hydroxyl groups excluding tert-OH is 5. The summed E-state index contributed by atoms with van der Waals surface area (Å²) in [6.07, 6.45) is -3.11. The quantitative estimate of drug-likeness (QED) is 0.150. The minimum Gasteiger partial charge on any atom is -0.547 e. The minimum atomic E-state index is -2.38. The van der Waals surface area contributed by atoms with Gasteiger partial charge in [-0.1, -0.05) is 39.0 Å². The lowest BCUT2D eigenvalue weighted by Crippen LogP contribution is -2.84. The first-order valence-electron chi connectivity index (χ1n) is 15.6. The Hall–Kier alpha value is -2.36. The predicted octanol–water partition coefficient (Wildman–Crippen LogP) is -2.51. The fraction of sp³-hybridized carbons (Fsp3) is 0.742. The first-order valence-corrected chi connectivity index (χ1v) is 15.6. The minimum absolute atomic E-state index is 0. The highest BCUT2D eigenvalue weighted by molar-refractivity contribution is 5.82. The van der Waals surface area contributed by atoms with Crippen molar-refractivity contribution in [3.05, 3.63) is 29.8 Å². The molecule has 4 saturated heterocycles. The molecule has 0 radical (unpaired) electrons. The molecule has 1 aromatic rings. The number of piperidine rings is 4. The Labute approximate surface area is 257 Å². The third-order valence-corrected chi connectivity index (χ3v) is 11.8. The third-order valence-electron chi connectivity index (χ3n) is 11.8. The van der Waals surface area contributed by atoms with Gasteiger partial charge in [-0.25, -0.2) is 4.79 Å². The monoisotopic (exact) mass is 623 g/mol. The standard InChI is InChI=1S/C27H42N3O3.C4H6O6.H2O/c1-5-17-18-12-21-24-27(19-10-8-9-11-20(19)28(24)4)13-22(23(18)25(27)32)30(21,26(17)33)15-16(31)14-29(6-2)7-3;5-1(3(7)8)2(6)4(9)10;/h8-11,16-18,21-26,31-33H,5-7,12-15H2,1-4H3;1-2,5-6H,(H,7,8)(H,9,10);1H2/q+1;;/p-1/t16?,17-,18-,21-,22-,23?,24-,25?,26+,27+,30?;1-,2-;/m01./s1. The molecule has 6 aliphatic rings. The van der Waals surface area contributed by atoms with Gasteiger partial charge in [0.1, 0.15) is 24.8 Å². The molecule has 1 aromatic carbocycles. The van der Waals surface area contributed by atoms with Gasteiger partial charge in [0, 0.05) is 44.0 Å². The summed E-state index contributed by atoms with van der Waals surface area (Å²) in [4.78, 5) is 24.1. The van der Waals surface area contributed by atoms with E-state index in [1.54, 1.807) is 0 Å². The van der Waals surface area contributed by atoms with E-state index >= 15 is 0 Å². The number of para-hydroxylation sites is 1. The Kier molecular flexibility index (Phi) is 9.76. The number of hydrogen-bond acceptors (Lipinski definition) is 10. The van der Waals surface area contributed by atoms with Crippen molar-refractivity contribution in [3.8, 4) is 0 Å². The van der Waals surface area contributed by atoms with Gasteiger partial charge in [0.2, 0.25) is 0 Å². The van der Waals surface area contributed by atoms with Crippen molar-refractivity contribution in [2.24, 2.45) is 17.8 Å². The average molecular weight is 624 g/mol. The molecule has 1 spiro atoms. The van der Waals surface area contributed by atoms with E-state index < -0.39 is 36.5 Å².